The maximum atomic E-state index is 13.9. The number of guanidine groups is 1. The van der Waals surface area contributed by atoms with Gasteiger partial charge in [-0.05, 0) is 69.4 Å². The van der Waals surface area contributed by atoms with Gasteiger partial charge in [0.25, 0.3) is 0 Å². The minimum absolute atomic E-state index is 0.0137. The van der Waals surface area contributed by atoms with Gasteiger partial charge in [0.15, 0.2) is 0 Å². The largest absolute Gasteiger partial charge is 0.443 e. The topological polar surface area (TPSA) is 106 Å². The van der Waals surface area contributed by atoms with Crippen molar-refractivity contribution in [2.45, 2.75) is 71.1 Å². The summed E-state index contributed by atoms with van der Waals surface area (Å²) in [4.78, 5) is 18.9. The van der Waals surface area contributed by atoms with E-state index in [1.807, 2.05) is 0 Å². The van der Waals surface area contributed by atoms with E-state index in [9.17, 15) is 31.1 Å². The number of alkyl halides is 6. The van der Waals surface area contributed by atoms with Gasteiger partial charge in [0.2, 0.25) is 5.96 Å². The Balaban J connectivity index is 2.13. The molecule has 3 rings (SSSR count). The van der Waals surface area contributed by atoms with Crippen molar-refractivity contribution in [1.82, 2.24) is 9.88 Å². The number of anilines is 1. The normalized spacial score (nSPS) is 16.3. The van der Waals surface area contributed by atoms with Crippen LogP contribution in [0.3, 0.4) is 0 Å². The zero-order valence-electron chi connectivity index (χ0n) is 21.7. The number of aromatic nitrogens is 1. The third-order valence-electron chi connectivity index (χ3n) is 6.02. The number of aryl methyl sites for hydroxylation is 1. The minimum Gasteiger partial charge on any atom is -0.443 e. The molecule has 2 heterocycles. The number of carbonyl (C=O) groups excluding carboxylic acids is 1. The van der Waals surface area contributed by atoms with E-state index >= 15 is 0 Å². The molecule has 0 saturated heterocycles. The number of amides is 1. The summed E-state index contributed by atoms with van der Waals surface area (Å²) in [5.74, 6) is -0.561. The molecular formula is C25H28F6N6O2. The Morgan fingerprint density at radius 1 is 1.15 bits per heavy atom. The molecular weight excluding hydrogens is 530 g/mol. The Bertz CT molecular complexity index is 1240. The van der Waals surface area contributed by atoms with Crippen LogP contribution in [-0.4, -0.2) is 34.1 Å². The molecule has 14 heteroatoms. The molecule has 0 spiro atoms. The average Bonchev–Trinajstić information content (AvgIpc) is 2.98. The molecule has 1 atom stereocenters. The summed E-state index contributed by atoms with van der Waals surface area (Å²) in [5, 5.41) is 11.4. The molecule has 39 heavy (non-hydrogen) atoms. The van der Waals surface area contributed by atoms with Crippen LogP contribution < -0.4 is 4.90 Å². The third-order valence-corrected chi connectivity index (χ3v) is 6.02. The van der Waals surface area contributed by atoms with Gasteiger partial charge >= 0.3 is 18.4 Å². The Morgan fingerprint density at radius 2 is 1.82 bits per heavy atom. The van der Waals surface area contributed by atoms with Crippen molar-refractivity contribution >= 4 is 17.7 Å². The molecule has 0 fully saturated rings. The molecule has 8 nitrogen and oxygen atoms in total. The van der Waals surface area contributed by atoms with E-state index < -0.39 is 47.3 Å². The van der Waals surface area contributed by atoms with Crippen LogP contribution in [0.15, 0.2) is 35.6 Å². The Kier molecular flexibility index (Phi) is 8.27. The number of rotatable bonds is 3. The monoisotopic (exact) mass is 558 g/mol. The molecule has 1 aromatic heterocycles. The van der Waals surface area contributed by atoms with Crippen LogP contribution in [0, 0.1) is 17.9 Å². The molecule has 2 aromatic rings. The Labute approximate surface area is 221 Å². The summed E-state index contributed by atoms with van der Waals surface area (Å²) >= 11 is 0. The second-order valence-corrected chi connectivity index (χ2v) is 10.1. The second kappa shape index (κ2) is 10.8. The van der Waals surface area contributed by atoms with Crippen molar-refractivity contribution in [3.8, 4) is 0 Å². The molecule has 0 bridgehead atoms. The number of ether oxygens (including phenoxy) is 1. The van der Waals surface area contributed by atoms with Gasteiger partial charge in [0.1, 0.15) is 11.3 Å². The summed E-state index contributed by atoms with van der Waals surface area (Å²) in [6.45, 7) is 5.95. The first-order valence-electron chi connectivity index (χ1n) is 11.9. The quantitative estimate of drug-likeness (QED) is 0.176. The van der Waals surface area contributed by atoms with Gasteiger partial charge < -0.3 is 9.64 Å². The number of hydrogen-bond acceptors (Lipinski definition) is 5. The van der Waals surface area contributed by atoms with Gasteiger partial charge in [0.05, 0.1) is 17.3 Å². The smallest absolute Gasteiger partial charge is 0.433 e. The van der Waals surface area contributed by atoms with E-state index in [0.29, 0.717) is 0 Å². The number of hydrogen-bond donors (Lipinski definition) is 2. The highest BCUT2D eigenvalue weighted by Gasteiger charge is 2.39. The molecule has 0 saturated carbocycles. The van der Waals surface area contributed by atoms with Gasteiger partial charge in [0, 0.05) is 19.3 Å². The predicted molar refractivity (Wildman–Crippen MR) is 129 cm³/mol. The van der Waals surface area contributed by atoms with Gasteiger partial charge in [-0.1, -0.05) is 12.1 Å². The third kappa shape index (κ3) is 7.03. The first kappa shape index (κ1) is 29.8. The standard InChI is InChI=1S/C25H28F6N6O2/c1-14-10-16-18(37(21(32)35-33)13-15-7-8-20(34-12-15)25(29,30)31)6-5-9-36(22(38)39-23(2,3)4)19(16)11-17(14)24(26,27)28/h7-8,10-12,18,32-33H,5-6,9,13H2,1-4H3/t18-/m0/s1. The number of nitrogens with zero attached hydrogens (tertiary/aromatic N) is 4. The lowest BCUT2D eigenvalue weighted by molar-refractivity contribution is -0.141. The van der Waals surface area contributed by atoms with Crippen molar-refractivity contribution in [2.75, 3.05) is 11.4 Å². The number of pyridine rings is 1. The van der Waals surface area contributed by atoms with Crippen molar-refractivity contribution in [3.05, 3.63) is 58.4 Å². The van der Waals surface area contributed by atoms with E-state index in [4.69, 9.17) is 15.7 Å². The molecule has 0 unspecified atom stereocenters. The average molecular weight is 559 g/mol. The van der Waals surface area contributed by atoms with Crippen LogP contribution in [0.4, 0.5) is 36.8 Å². The summed E-state index contributed by atoms with van der Waals surface area (Å²) in [6.07, 6.45) is -8.71. The predicted octanol–water partition coefficient (Wildman–Crippen LogP) is 7.47. The fourth-order valence-corrected chi connectivity index (χ4v) is 4.35. The van der Waals surface area contributed by atoms with Gasteiger partial charge in [-0.25, -0.2) is 10.3 Å². The van der Waals surface area contributed by atoms with Crippen LogP contribution in [-0.2, 0) is 23.6 Å². The lowest BCUT2D eigenvalue weighted by Crippen LogP contribution is -2.38. The molecule has 2 N–H and O–H groups in total. The number of benzene rings is 1. The van der Waals surface area contributed by atoms with Crippen LogP contribution in [0.25, 0.3) is 0 Å². The Morgan fingerprint density at radius 3 is 2.33 bits per heavy atom. The molecule has 0 radical (unpaired) electrons. The number of fused-ring (bicyclic) bond motifs is 1. The van der Waals surface area contributed by atoms with Gasteiger partial charge in [-0.15, -0.1) is 5.11 Å². The summed E-state index contributed by atoms with van der Waals surface area (Å²) < 4.78 is 85.9. The molecule has 0 aliphatic carbocycles. The maximum absolute atomic E-state index is 13.9. The SMILES string of the molecule is Cc1cc2c(cc1C(F)(F)F)N(C(=O)OC(C)(C)C)CCC[C@@H]2N(Cc1ccc(C(F)(F)F)nc1)C(=N)N=N. The van der Waals surface area contributed by atoms with Crippen molar-refractivity contribution in [2.24, 2.45) is 5.11 Å². The summed E-state index contributed by atoms with van der Waals surface area (Å²) in [7, 11) is 0. The molecule has 1 aliphatic heterocycles. The Hall–Kier alpha value is -3.71. The number of carbonyl (C=O) groups is 1. The summed E-state index contributed by atoms with van der Waals surface area (Å²) in [6, 6.07) is 3.26. The highest BCUT2D eigenvalue weighted by atomic mass is 19.4. The lowest BCUT2D eigenvalue weighted by Gasteiger charge is -2.33. The first-order valence-corrected chi connectivity index (χ1v) is 11.9. The van der Waals surface area contributed by atoms with E-state index in [1.165, 1.54) is 24.0 Å². The van der Waals surface area contributed by atoms with E-state index in [0.717, 1.165) is 23.2 Å². The maximum Gasteiger partial charge on any atom is 0.433 e. The molecule has 1 amide bonds. The first-order chi connectivity index (χ1) is 17.9. The van der Waals surface area contributed by atoms with Crippen LogP contribution >= 0.6 is 0 Å². The van der Waals surface area contributed by atoms with Crippen molar-refractivity contribution < 1.29 is 35.9 Å². The van der Waals surface area contributed by atoms with Gasteiger partial charge in [-0.2, -0.15) is 26.3 Å². The lowest BCUT2D eigenvalue weighted by atomic mass is 9.94. The van der Waals surface area contributed by atoms with Crippen molar-refractivity contribution in [3.63, 3.8) is 0 Å². The molecule has 1 aliphatic rings. The van der Waals surface area contributed by atoms with Crippen molar-refractivity contribution in [1.29, 1.82) is 10.9 Å². The highest BCUT2D eigenvalue weighted by molar-refractivity contribution is 5.90. The number of halogens is 6. The highest BCUT2D eigenvalue weighted by Crippen LogP contribution is 2.43. The summed E-state index contributed by atoms with van der Waals surface area (Å²) in [5.41, 5.74) is 4.75. The number of nitrogens with one attached hydrogen (secondary N) is 2. The zero-order chi connectivity index (χ0) is 29.3. The zero-order valence-corrected chi connectivity index (χ0v) is 21.7. The van der Waals surface area contributed by atoms with E-state index in [-0.39, 0.29) is 48.3 Å². The van der Waals surface area contributed by atoms with E-state index in [2.05, 4.69) is 10.1 Å². The van der Waals surface area contributed by atoms with Crippen LogP contribution in [0.2, 0.25) is 0 Å². The fourth-order valence-electron chi connectivity index (χ4n) is 4.35. The molecule has 1 aromatic carbocycles. The molecule has 212 valence electrons. The van der Waals surface area contributed by atoms with Gasteiger partial charge in [-0.3, -0.25) is 15.3 Å². The minimum atomic E-state index is -4.71. The second-order valence-electron chi connectivity index (χ2n) is 10.1. The fraction of sp³-hybridized carbons (Fsp3) is 0.480. The van der Waals surface area contributed by atoms with E-state index in [1.54, 1.807) is 20.8 Å². The van der Waals surface area contributed by atoms with Crippen LogP contribution in [0.5, 0.6) is 0 Å². The van der Waals surface area contributed by atoms with Crippen LogP contribution in [0.1, 0.15) is 67.6 Å².